The van der Waals surface area contributed by atoms with Gasteiger partial charge in [-0.3, -0.25) is 0 Å². The minimum atomic E-state index is 0.335. The molecule has 0 amide bonds. The Morgan fingerprint density at radius 2 is 1.80 bits per heavy atom. The summed E-state index contributed by atoms with van der Waals surface area (Å²) in [4.78, 5) is 0. The topological polar surface area (TPSA) is 0 Å². The van der Waals surface area contributed by atoms with Gasteiger partial charge in [0.1, 0.15) is 0 Å². The Labute approximate surface area is 98.7 Å². The lowest BCUT2D eigenvalue weighted by molar-refractivity contribution is 0.411. The standard InChI is InChI=1S/C14H21Cl/c1-10(2)12-8-11(6-7-13(12)15)9-14(3,4)5/h6-8,10H,9H2,1-5H3. The molecule has 0 fully saturated rings. The van der Waals surface area contributed by atoms with Crippen LogP contribution in [0.4, 0.5) is 0 Å². The Kier molecular flexibility index (Phi) is 3.83. The van der Waals surface area contributed by atoms with Gasteiger partial charge < -0.3 is 0 Å². The van der Waals surface area contributed by atoms with E-state index in [-0.39, 0.29) is 0 Å². The van der Waals surface area contributed by atoms with Crippen molar-refractivity contribution in [3.05, 3.63) is 34.3 Å². The molecule has 1 aromatic carbocycles. The number of rotatable bonds is 2. The van der Waals surface area contributed by atoms with Crippen LogP contribution in [0.2, 0.25) is 5.02 Å². The highest BCUT2D eigenvalue weighted by Gasteiger charge is 2.13. The van der Waals surface area contributed by atoms with Gasteiger partial charge in [-0.05, 0) is 34.9 Å². The molecule has 0 unspecified atom stereocenters. The maximum Gasteiger partial charge on any atom is 0.0440 e. The van der Waals surface area contributed by atoms with Crippen molar-refractivity contribution >= 4 is 11.6 Å². The van der Waals surface area contributed by atoms with Crippen molar-refractivity contribution in [1.29, 1.82) is 0 Å². The lowest BCUT2D eigenvalue weighted by atomic mass is 9.87. The van der Waals surface area contributed by atoms with Crippen LogP contribution >= 0.6 is 11.6 Å². The SMILES string of the molecule is CC(C)c1cc(CC(C)(C)C)ccc1Cl. The van der Waals surface area contributed by atoms with Crippen LogP contribution in [0.15, 0.2) is 18.2 Å². The molecular formula is C14H21Cl. The van der Waals surface area contributed by atoms with Crippen molar-refractivity contribution in [2.45, 2.75) is 47.0 Å². The zero-order valence-electron chi connectivity index (χ0n) is 10.4. The van der Waals surface area contributed by atoms with Gasteiger partial charge >= 0.3 is 0 Å². The molecule has 0 radical (unpaired) electrons. The van der Waals surface area contributed by atoms with Gasteiger partial charge in [0.25, 0.3) is 0 Å². The van der Waals surface area contributed by atoms with Gasteiger partial charge in [0, 0.05) is 5.02 Å². The second-order valence-corrected chi connectivity index (χ2v) is 6.16. The first-order chi connectivity index (χ1) is 6.79. The highest BCUT2D eigenvalue weighted by atomic mass is 35.5. The van der Waals surface area contributed by atoms with E-state index in [0.29, 0.717) is 11.3 Å². The largest absolute Gasteiger partial charge is 0.0840 e. The zero-order valence-corrected chi connectivity index (χ0v) is 11.2. The smallest absolute Gasteiger partial charge is 0.0440 e. The molecule has 0 bridgehead atoms. The summed E-state index contributed by atoms with van der Waals surface area (Å²) in [6.45, 7) is 11.1. The fourth-order valence-corrected chi connectivity index (χ4v) is 2.09. The van der Waals surface area contributed by atoms with Gasteiger partial charge in [-0.25, -0.2) is 0 Å². The minimum Gasteiger partial charge on any atom is -0.0840 e. The van der Waals surface area contributed by atoms with Gasteiger partial charge in [0.2, 0.25) is 0 Å². The van der Waals surface area contributed by atoms with E-state index >= 15 is 0 Å². The number of benzene rings is 1. The van der Waals surface area contributed by atoms with Crippen LogP contribution in [0.5, 0.6) is 0 Å². The van der Waals surface area contributed by atoms with E-state index in [0.717, 1.165) is 11.4 Å². The summed E-state index contributed by atoms with van der Waals surface area (Å²) in [5, 5.41) is 0.891. The quantitative estimate of drug-likeness (QED) is 0.659. The monoisotopic (exact) mass is 224 g/mol. The van der Waals surface area contributed by atoms with Gasteiger partial charge in [-0.2, -0.15) is 0 Å². The molecule has 0 saturated heterocycles. The molecule has 84 valence electrons. The third kappa shape index (κ3) is 3.87. The van der Waals surface area contributed by atoms with Crippen molar-refractivity contribution in [3.63, 3.8) is 0 Å². The summed E-state index contributed by atoms with van der Waals surface area (Å²) in [5.74, 6) is 0.498. The summed E-state index contributed by atoms with van der Waals surface area (Å²) in [6, 6.07) is 6.41. The lowest BCUT2D eigenvalue weighted by Crippen LogP contribution is -2.09. The van der Waals surface area contributed by atoms with Gasteiger partial charge in [-0.15, -0.1) is 0 Å². The van der Waals surface area contributed by atoms with Crippen LogP contribution in [0.1, 0.15) is 51.7 Å². The number of halogens is 1. The van der Waals surface area contributed by atoms with E-state index in [1.807, 2.05) is 6.07 Å². The first-order valence-electron chi connectivity index (χ1n) is 5.58. The van der Waals surface area contributed by atoms with Crippen LogP contribution in [0.25, 0.3) is 0 Å². The molecule has 1 rings (SSSR count). The highest BCUT2D eigenvalue weighted by molar-refractivity contribution is 6.31. The van der Waals surface area contributed by atoms with Crippen molar-refractivity contribution in [3.8, 4) is 0 Å². The second-order valence-electron chi connectivity index (χ2n) is 5.75. The van der Waals surface area contributed by atoms with E-state index in [4.69, 9.17) is 11.6 Å². The maximum atomic E-state index is 6.16. The Balaban J connectivity index is 2.98. The van der Waals surface area contributed by atoms with Crippen molar-refractivity contribution in [1.82, 2.24) is 0 Å². The Morgan fingerprint density at radius 1 is 1.20 bits per heavy atom. The van der Waals surface area contributed by atoms with E-state index < -0.39 is 0 Å². The summed E-state index contributed by atoms with van der Waals surface area (Å²) >= 11 is 6.16. The minimum absolute atomic E-state index is 0.335. The van der Waals surface area contributed by atoms with E-state index in [1.54, 1.807) is 0 Å². The summed E-state index contributed by atoms with van der Waals surface area (Å²) in [6.07, 6.45) is 1.10. The number of hydrogen-bond acceptors (Lipinski definition) is 0. The average Bonchev–Trinajstić information content (AvgIpc) is 2.05. The first kappa shape index (κ1) is 12.6. The molecule has 0 saturated carbocycles. The molecule has 0 aliphatic heterocycles. The van der Waals surface area contributed by atoms with Crippen LogP contribution in [-0.2, 0) is 6.42 Å². The van der Waals surface area contributed by atoms with Crippen LogP contribution in [0, 0.1) is 5.41 Å². The molecule has 0 spiro atoms. The van der Waals surface area contributed by atoms with E-state index in [1.165, 1.54) is 11.1 Å². The van der Waals surface area contributed by atoms with Crippen LogP contribution in [0.3, 0.4) is 0 Å². The third-order valence-electron chi connectivity index (χ3n) is 2.42. The third-order valence-corrected chi connectivity index (χ3v) is 2.76. The van der Waals surface area contributed by atoms with E-state index in [2.05, 4.69) is 46.8 Å². The fraction of sp³-hybridized carbons (Fsp3) is 0.571. The zero-order chi connectivity index (χ0) is 11.6. The molecule has 0 N–H and O–H groups in total. The van der Waals surface area contributed by atoms with Crippen molar-refractivity contribution in [2.75, 3.05) is 0 Å². The molecular weight excluding hydrogens is 204 g/mol. The Hall–Kier alpha value is -0.490. The summed E-state index contributed by atoms with van der Waals surface area (Å²) in [7, 11) is 0. The fourth-order valence-electron chi connectivity index (χ4n) is 1.76. The van der Waals surface area contributed by atoms with E-state index in [9.17, 15) is 0 Å². The second kappa shape index (κ2) is 4.57. The van der Waals surface area contributed by atoms with Gasteiger partial charge in [0.15, 0.2) is 0 Å². The molecule has 0 atom stereocenters. The molecule has 1 heteroatoms. The van der Waals surface area contributed by atoms with Gasteiger partial charge in [-0.1, -0.05) is 58.4 Å². The lowest BCUT2D eigenvalue weighted by Gasteiger charge is -2.19. The maximum absolute atomic E-state index is 6.16. The molecule has 0 aliphatic carbocycles. The number of hydrogen-bond donors (Lipinski definition) is 0. The normalized spacial score (nSPS) is 12.2. The molecule has 1 aromatic rings. The van der Waals surface area contributed by atoms with Gasteiger partial charge in [0.05, 0.1) is 0 Å². The molecule has 0 heterocycles. The molecule has 0 aromatic heterocycles. The molecule has 0 aliphatic rings. The van der Waals surface area contributed by atoms with Crippen molar-refractivity contribution < 1.29 is 0 Å². The Morgan fingerprint density at radius 3 is 2.27 bits per heavy atom. The first-order valence-corrected chi connectivity index (χ1v) is 5.96. The average molecular weight is 225 g/mol. The van der Waals surface area contributed by atoms with Crippen LogP contribution < -0.4 is 0 Å². The Bertz CT molecular complexity index is 332. The summed E-state index contributed by atoms with van der Waals surface area (Å²) < 4.78 is 0. The molecule has 0 nitrogen and oxygen atoms in total. The highest BCUT2D eigenvalue weighted by Crippen LogP contribution is 2.28. The predicted molar refractivity (Wildman–Crippen MR) is 68.7 cm³/mol. The molecule has 15 heavy (non-hydrogen) atoms. The van der Waals surface area contributed by atoms with Crippen molar-refractivity contribution in [2.24, 2.45) is 5.41 Å². The van der Waals surface area contributed by atoms with Crippen LogP contribution in [-0.4, -0.2) is 0 Å². The summed E-state index contributed by atoms with van der Waals surface area (Å²) in [5.41, 5.74) is 2.98. The predicted octanol–water partition coefficient (Wildman–Crippen LogP) is 5.05.